The number of ether oxygens (including phenoxy) is 1. The number of halogens is 1. The lowest BCUT2D eigenvalue weighted by atomic mass is 10.0. The van der Waals surface area contributed by atoms with Crippen molar-refractivity contribution in [1.82, 2.24) is 15.0 Å². The quantitative estimate of drug-likeness (QED) is 0.513. The van der Waals surface area contributed by atoms with Crippen molar-refractivity contribution >= 4 is 23.3 Å². The molecule has 1 saturated heterocycles. The molecule has 3 aromatic rings. The van der Waals surface area contributed by atoms with Crippen molar-refractivity contribution in [1.29, 1.82) is 0 Å². The van der Waals surface area contributed by atoms with Gasteiger partial charge in [-0.3, -0.25) is 9.59 Å². The van der Waals surface area contributed by atoms with Gasteiger partial charge >= 0.3 is 0 Å². The van der Waals surface area contributed by atoms with E-state index in [1.807, 2.05) is 12.1 Å². The first-order valence-corrected chi connectivity index (χ1v) is 10.5. The molecule has 2 aromatic carbocycles. The van der Waals surface area contributed by atoms with Crippen LogP contribution in [0.25, 0.3) is 11.4 Å². The smallest absolute Gasteiger partial charge is 0.227 e. The van der Waals surface area contributed by atoms with Crippen molar-refractivity contribution in [2.45, 2.75) is 31.7 Å². The summed E-state index contributed by atoms with van der Waals surface area (Å²) in [5.74, 6) is 1.39. The third kappa shape index (κ3) is 4.77. The minimum absolute atomic E-state index is 0.0451. The fourth-order valence-electron chi connectivity index (χ4n) is 3.72. The van der Waals surface area contributed by atoms with Crippen LogP contribution < -0.4 is 4.74 Å². The molecule has 2 heterocycles. The van der Waals surface area contributed by atoms with E-state index in [0.29, 0.717) is 47.4 Å². The fourth-order valence-corrected chi connectivity index (χ4v) is 3.84. The highest BCUT2D eigenvalue weighted by Gasteiger charge is 2.34. The second-order valence-corrected chi connectivity index (χ2v) is 7.79. The Balaban J connectivity index is 1.37. The number of likely N-dealkylation sites (tertiary alicyclic amines) is 1. The van der Waals surface area contributed by atoms with Crippen LogP contribution in [-0.4, -0.2) is 46.4 Å². The van der Waals surface area contributed by atoms with Crippen molar-refractivity contribution in [3.05, 3.63) is 65.0 Å². The Morgan fingerprint density at radius 3 is 2.61 bits per heavy atom. The number of nitrogens with zero attached hydrogens (tertiary/aromatic N) is 3. The van der Waals surface area contributed by atoms with Gasteiger partial charge in [0.2, 0.25) is 17.6 Å². The molecule has 1 amide bonds. The number of aromatic nitrogens is 2. The molecule has 0 spiro atoms. The van der Waals surface area contributed by atoms with Crippen molar-refractivity contribution in [3.8, 4) is 17.1 Å². The third-order valence-corrected chi connectivity index (χ3v) is 5.63. The highest BCUT2D eigenvalue weighted by atomic mass is 35.5. The summed E-state index contributed by atoms with van der Waals surface area (Å²) in [7, 11) is 1.58. The fraction of sp³-hybridized carbons (Fsp3) is 0.304. The zero-order valence-electron chi connectivity index (χ0n) is 17.1. The molecule has 1 atom stereocenters. The molecule has 31 heavy (non-hydrogen) atoms. The van der Waals surface area contributed by atoms with Gasteiger partial charge < -0.3 is 14.2 Å². The number of benzene rings is 2. The monoisotopic (exact) mass is 439 g/mol. The zero-order chi connectivity index (χ0) is 21.8. The second kappa shape index (κ2) is 9.31. The number of hydrogen-bond donors (Lipinski definition) is 0. The van der Waals surface area contributed by atoms with Crippen molar-refractivity contribution in [3.63, 3.8) is 0 Å². The molecule has 1 fully saturated rings. The lowest BCUT2D eigenvalue weighted by Crippen LogP contribution is -2.40. The Hall–Kier alpha value is -3.19. The first-order chi connectivity index (χ1) is 15.0. The number of aryl methyl sites for hydroxylation is 1. The van der Waals surface area contributed by atoms with E-state index >= 15 is 0 Å². The Morgan fingerprint density at radius 2 is 1.90 bits per heavy atom. The van der Waals surface area contributed by atoms with E-state index in [-0.39, 0.29) is 18.1 Å². The number of amides is 1. The van der Waals surface area contributed by atoms with Crippen LogP contribution >= 0.6 is 11.6 Å². The summed E-state index contributed by atoms with van der Waals surface area (Å²) in [4.78, 5) is 31.8. The molecule has 7 nitrogen and oxygen atoms in total. The van der Waals surface area contributed by atoms with E-state index in [9.17, 15) is 9.59 Å². The van der Waals surface area contributed by atoms with Gasteiger partial charge in [-0.2, -0.15) is 4.98 Å². The molecule has 0 bridgehead atoms. The van der Waals surface area contributed by atoms with Crippen LogP contribution in [0.4, 0.5) is 0 Å². The molecule has 160 valence electrons. The summed E-state index contributed by atoms with van der Waals surface area (Å²) in [5.41, 5.74) is 1.37. The van der Waals surface area contributed by atoms with Crippen molar-refractivity contribution in [2.24, 2.45) is 0 Å². The Bertz CT molecular complexity index is 1060. The number of Topliss-reactive ketones (excluding diaryl/α,β-unsaturated/α-hetero) is 1. The lowest BCUT2D eigenvalue weighted by Gasteiger charge is -2.23. The predicted octanol–water partition coefficient (Wildman–Crippen LogP) is 4.21. The standard InChI is InChI=1S/C23H22ClN3O4/c1-30-18-10-6-15(7-11-18)22(29)19-3-2-14-27(19)21(28)13-12-20-25-23(26-31-20)16-4-8-17(24)9-5-16/h4-11,19H,2-3,12-14H2,1H3/t19-/m0/s1. The Labute approximate surface area is 185 Å². The minimum Gasteiger partial charge on any atom is -0.497 e. The number of carbonyl (C=O) groups is 2. The largest absolute Gasteiger partial charge is 0.497 e. The maximum absolute atomic E-state index is 12.9. The van der Waals surface area contributed by atoms with Crippen LogP contribution in [0, 0.1) is 0 Å². The van der Waals surface area contributed by atoms with Crippen LogP contribution in [-0.2, 0) is 11.2 Å². The van der Waals surface area contributed by atoms with E-state index in [4.69, 9.17) is 20.9 Å². The predicted molar refractivity (Wildman–Crippen MR) is 115 cm³/mol. The molecule has 0 radical (unpaired) electrons. The molecule has 0 aliphatic carbocycles. The number of rotatable bonds is 7. The van der Waals surface area contributed by atoms with Gasteiger partial charge in [0.25, 0.3) is 0 Å². The number of carbonyl (C=O) groups excluding carboxylic acids is 2. The summed E-state index contributed by atoms with van der Waals surface area (Å²) in [6.45, 7) is 0.575. The van der Waals surface area contributed by atoms with Crippen LogP contribution in [0.3, 0.4) is 0 Å². The van der Waals surface area contributed by atoms with Crippen LogP contribution in [0.2, 0.25) is 5.02 Å². The van der Waals surface area contributed by atoms with Gasteiger partial charge in [-0.05, 0) is 61.4 Å². The van der Waals surface area contributed by atoms with Gasteiger partial charge in [0, 0.05) is 35.5 Å². The molecular weight excluding hydrogens is 418 g/mol. The highest BCUT2D eigenvalue weighted by molar-refractivity contribution is 6.30. The highest BCUT2D eigenvalue weighted by Crippen LogP contribution is 2.24. The topological polar surface area (TPSA) is 85.5 Å². The van der Waals surface area contributed by atoms with E-state index in [0.717, 1.165) is 12.0 Å². The molecule has 1 aliphatic rings. The maximum atomic E-state index is 12.9. The summed E-state index contributed by atoms with van der Waals surface area (Å²) < 4.78 is 10.4. The Kier molecular flexibility index (Phi) is 6.32. The molecule has 0 saturated carbocycles. The van der Waals surface area contributed by atoms with Crippen LogP contribution in [0.5, 0.6) is 5.75 Å². The molecule has 0 unspecified atom stereocenters. The van der Waals surface area contributed by atoms with Gasteiger partial charge in [-0.1, -0.05) is 16.8 Å². The summed E-state index contributed by atoms with van der Waals surface area (Å²) in [6, 6.07) is 13.7. The van der Waals surface area contributed by atoms with Gasteiger partial charge in [0.05, 0.1) is 13.2 Å². The molecule has 1 aliphatic heterocycles. The molecule has 1 aromatic heterocycles. The van der Waals surface area contributed by atoms with E-state index < -0.39 is 6.04 Å². The van der Waals surface area contributed by atoms with Gasteiger partial charge in [-0.25, -0.2) is 0 Å². The van der Waals surface area contributed by atoms with E-state index in [1.165, 1.54) is 0 Å². The van der Waals surface area contributed by atoms with Crippen LogP contribution in [0.15, 0.2) is 53.1 Å². The average Bonchev–Trinajstić information content (AvgIpc) is 3.47. The molecule has 0 N–H and O–H groups in total. The van der Waals surface area contributed by atoms with Gasteiger partial charge in [-0.15, -0.1) is 0 Å². The SMILES string of the molecule is COc1ccc(C(=O)[C@@H]2CCCN2C(=O)CCc2nc(-c3ccc(Cl)cc3)no2)cc1. The van der Waals surface area contributed by atoms with Crippen molar-refractivity contribution < 1.29 is 18.8 Å². The van der Waals surface area contributed by atoms with Crippen LogP contribution in [0.1, 0.15) is 35.5 Å². The second-order valence-electron chi connectivity index (χ2n) is 7.36. The summed E-state index contributed by atoms with van der Waals surface area (Å²) in [6.07, 6.45) is 1.99. The summed E-state index contributed by atoms with van der Waals surface area (Å²) >= 11 is 5.90. The lowest BCUT2D eigenvalue weighted by molar-refractivity contribution is -0.131. The number of ketones is 1. The maximum Gasteiger partial charge on any atom is 0.227 e. The Morgan fingerprint density at radius 1 is 1.16 bits per heavy atom. The molecular formula is C23H22ClN3O4. The number of methoxy groups -OCH3 is 1. The van der Waals surface area contributed by atoms with Crippen molar-refractivity contribution in [2.75, 3.05) is 13.7 Å². The average molecular weight is 440 g/mol. The molecule has 4 rings (SSSR count). The normalized spacial score (nSPS) is 15.8. The zero-order valence-corrected chi connectivity index (χ0v) is 17.8. The number of hydrogen-bond acceptors (Lipinski definition) is 6. The molecule has 8 heteroatoms. The first-order valence-electron chi connectivity index (χ1n) is 10.1. The third-order valence-electron chi connectivity index (χ3n) is 5.37. The van der Waals surface area contributed by atoms with Gasteiger partial charge in [0.15, 0.2) is 5.78 Å². The van der Waals surface area contributed by atoms with E-state index in [2.05, 4.69) is 10.1 Å². The minimum atomic E-state index is -0.437. The van der Waals surface area contributed by atoms with Gasteiger partial charge in [0.1, 0.15) is 5.75 Å². The summed E-state index contributed by atoms with van der Waals surface area (Å²) in [5, 5.41) is 4.60. The first kappa shape index (κ1) is 21.1. The van der Waals surface area contributed by atoms with E-state index in [1.54, 1.807) is 48.4 Å².